The summed E-state index contributed by atoms with van der Waals surface area (Å²) in [5.41, 5.74) is 3.95. The maximum Gasteiger partial charge on any atom is 0.161 e. The van der Waals surface area contributed by atoms with E-state index in [9.17, 15) is 0 Å². The molecule has 0 radical (unpaired) electrons. The van der Waals surface area contributed by atoms with E-state index in [1.165, 1.54) is 0 Å². The predicted molar refractivity (Wildman–Crippen MR) is 101 cm³/mol. The molecule has 0 amide bonds. The van der Waals surface area contributed by atoms with Crippen molar-refractivity contribution in [1.29, 1.82) is 0 Å². The highest BCUT2D eigenvalue weighted by Crippen LogP contribution is 2.38. The molecule has 0 spiro atoms. The van der Waals surface area contributed by atoms with Gasteiger partial charge in [0.2, 0.25) is 0 Å². The van der Waals surface area contributed by atoms with Crippen LogP contribution in [0.4, 0.5) is 11.4 Å². The Morgan fingerprint density at radius 3 is 2.79 bits per heavy atom. The second-order valence-corrected chi connectivity index (χ2v) is 6.53. The number of pyridine rings is 2. The molecule has 4 nitrogen and oxygen atoms in total. The summed E-state index contributed by atoms with van der Waals surface area (Å²) in [5.74, 6) is 0.786. The van der Waals surface area contributed by atoms with Crippen LogP contribution in [-0.2, 0) is 0 Å². The number of nitrogens with zero attached hydrogens (tertiary/aromatic N) is 3. The minimum Gasteiger partial charge on any atom is -0.488 e. The van der Waals surface area contributed by atoms with Gasteiger partial charge in [0.05, 0.1) is 24.1 Å². The van der Waals surface area contributed by atoms with E-state index in [0.717, 1.165) is 40.2 Å². The molecule has 0 aliphatic carbocycles. The van der Waals surface area contributed by atoms with Crippen LogP contribution in [0, 0.1) is 0 Å². The molecule has 1 aliphatic rings. The fraction of sp³-hybridized carbons (Fsp3) is 0.111. The first kappa shape index (κ1) is 15.4. The number of rotatable bonds is 2. The van der Waals surface area contributed by atoms with Gasteiger partial charge in [0.15, 0.2) is 5.75 Å². The zero-order chi connectivity index (χ0) is 16.5. The Morgan fingerprint density at radius 1 is 1.12 bits per heavy atom. The average molecular weight is 356 g/mol. The number of fused-ring (bicyclic) bond motifs is 1. The Labute approximate surface area is 147 Å². The number of aromatic nitrogens is 2. The van der Waals surface area contributed by atoms with Crippen LogP contribution in [0.15, 0.2) is 55.0 Å². The topological polar surface area (TPSA) is 38.2 Å². The molecule has 1 aromatic carbocycles. The lowest BCUT2D eigenvalue weighted by Gasteiger charge is -2.31. The summed E-state index contributed by atoms with van der Waals surface area (Å²) in [5, 5.41) is 1.75. The number of ether oxygens (including phenoxy) is 1. The Kier molecular flexibility index (Phi) is 4.09. The van der Waals surface area contributed by atoms with Crippen LogP contribution in [0.2, 0.25) is 5.02 Å². The summed E-state index contributed by atoms with van der Waals surface area (Å²) in [6.45, 7) is 1.41. The predicted octanol–water partition coefficient (Wildman–Crippen LogP) is 3.83. The van der Waals surface area contributed by atoms with Crippen LogP contribution in [0.25, 0.3) is 11.3 Å². The van der Waals surface area contributed by atoms with Gasteiger partial charge >= 0.3 is 0 Å². The van der Waals surface area contributed by atoms with Gasteiger partial charge < -0.3 is 9.64 Å². The minimum atomic E-state index is 0.627. The lowest BCUT2D eigenvalue weighted by atomic mass is 10.1. The van der Waals surface area contributed by atoms with Crippen molar-refractivity contribution in [2.45, 2.75) is 0 Å². The zero-order valence-corrected chi connectivity index (χ0v) is 14.7. The Bertz CT molecular complexity index is 889. The maximum absolute atomic E-state index is 6.16. The molecule has 3 heterocycles. The van der Waals surface area contributed by atoms with Crippen molar-refractivity contribution in [3.05, 3.63) is 60.0 Å². The van der Waals surface area contributed by atoms with E-state index in [1.54, 1.807) is 18.6 Å². The minimum absolute atomic E-state index is 0.627. The lowest BCUT2D eigenvalue weighted by molar-refractivity contribution is 0.313. The van der Waals surface area contributed by atoms with Gasteiger partial charge in [-0.2, -0.15) is 0 Å². The standard InChI is InChI=1S/C18H15ClN3OP/c19-12-1-2-18(24)14(9-12)15-10-16-17(11-21-15)23-8-7-22(16)13-3-5-20-6-4-13/h1-6,9-11H,7-8,24H2. The maximum atomic E-state index is 6.16. The second kappa shape index (κ2) is 6.39. The Hall–Kier alpha value is -2.16. The Morgan fingerprint density at radius 2 is 1.96 bits per heavy atom. The number of hydrogen-bond donors (Lipinski definition) is 0. The number of halogens is 1. The molecule has 4 rings (SSSR count). The molecule has 24 heavy (non-hydrogen) atoms. The number of hydrogen-bond acceptors (Lipinski definition) is 4. The molecule has 0 fully saturated rings. The van der Waals surface area contributed by atoms with Crippen molar-refractivity contribution in [2.24, 2.45) is 0 Å². The van der Waals surface area contributed by atoms with Crippen LogP contribution in [0.3, 0.4) is 0 Å². The van der Waals surface area contributed by atoms with Gasteiger partial charge in [0, 0.05) is 28.7 Å². The fourth-order valence-corrected chi connectivity index (χ4v) is 3.31. The van der Waals surface area contributed by atoms with Gasteiger partial charge in [-0.15, -0.1) is 9.24 Å². The lowest BCUT2D eigenvalue weighted by Crippen LogP contribution is -2.28. The first-order valence-corrected chi connectivity index (χ1v) is 8.54. The first-order valence-electron chi connectivity index (χ1n) is 7.58. The largest absolute Gasteiger partial charge is 0.488 e. The molecule has 0 bridgehead atoms. The van der Waals surface area contributed by atoms with Crippen molar-refractivity contribution in [2.75, 3.05) is 18.1 Å². The fourth-order valence-electron chi connectivity index (χ4n) is 2.81. The highest BCUT2D eigenvalue weighted by atomic mass is 35.5. The molecule has 3 aromatic rings. The summed E-state index contributed by atoms with van der Waals surface area (Å²) in [4.78, 5) is 10.9. The van der Waals surface area contributed by atoms with Crippen molar-refractivity contribution in [1.82, 2.24) is 9.97 Å². The van der Waals surface area contributed by atoms with Gasteiger partial charge in [-0.1, -0.05) is 17.7 Å². The van der Waals surface area contributed by atoms with Crippen molar-refractivity contribution in [3.8, 4) is 17.0 Å². The van der Waals surface area contributed by atoms with Gasteiger partial charge in [-0.3, -0.25) is 9.97 Å². The monoisotopic (exact) mass is 355 g/mol. The number of anilines is 2. The van der Waals surface area contributed by atoms with Crippen LogP contribution >= 0.6 is 20.8 Å². The van der Waals surface area contributed by atoms with Crippen molar-refractivity contribution < 1.29 is 4.74 Å². The van der Waals surface area contributed by atoms with E-state index in [2.05, 4.69) is 24.1 Å². The van der Waals surface area contributed by atoms with E-state index < -0.39 is 0 Å². The number of benzene rings is 1. The normalized spacial score (nSPS) is 13.3. The quantitative estimate of drug-likeness (QED) is 0.655. The summed E-state index contributed by atoms with van der Waals surface area (Å²) in [7, 11) is 2.73. The molecule has 0 N–H and O–H groups in total. The van der Waals surface area contributed by atoms with Gasteiger partial charge in [0.1, 0.15) is 6.61 Å². The van der Waals surface area contributed by atoms with E-state index >= 15 is 0 Å². The van der Waals surface area contributed by atoms with Crippen molar-refractivity contribution >= 4 is 37.5 Å². The van der Waals surface area contributed by atoms with E-state index in [-0.39, 0.29) is 0 Å². The van der Waals surface area contributed by atoms with Crippen LogP contribution in [-0.4, -0.2) is 23.1 Å². The van der Waals surface area contributed by atoms with Gasteiger partial charge in [-0.05, 0) is 35.6 Å². The van der Waals surface area contributed by atoms with Gasteiger partial charge in [0.25, 0.3) is 0 Å². The molecular formula is C18H15ClN3OP. The van der Waals surface area contributed by atoms with Gasteiger partial charge in [-0.25, -0.2) is 0 Å². The van der Waals surface area contributed by atoms with E-state index in [1.807, 2.05) is 36.4 Å². The summed E-state index contributed by atoms with van der Waals surface area (Å²) >= 11 is 6.16. The molecule has 6 heteroatoms. The van der Waals surface area contributed by atoms with Crippen LogP contribution in [0.5, 0.6) is 5.75 Å². The van der Waals surface area contributed by atoms with Crippen LogP contribution < -0.4 is 14.9 Å². The highest BCUT2D eigenvalue weighted by Gasteiger charge is 2.21. The SMILES string of the molecule is Pc1ccc(Cl)cc1-c1cc2c(cn1)OCCN2c1ccncc1. The zero-order valence-electron chi connectivity index (χ0n) is 12.8. The van der Waals surface area contributed by atoms with Crippen LogP contribution in [0.1, 0.15) is 0 Å². The highest BCUT2D eigenvalue weighted by molar-refractivity contribution is 7.28. The Balaban J connectivity index is 1.83. The third kappa shape index (κ3) is 2.83. The third-order valence-corrected chi connectivity index (χ3v) is 4.71. The molecule has 0 saturated carbocycles. The molecule has 1 unspecified atom stereocenters. The summed E-state index contributed by atoms with van der Waals surface area (Å²) in [6, 6.07) is 11.8. The summed E-state index contributed by atoms with van der Waals surface area (Å²) in [6.07, 6.45) is 5.37. The molecule has 1 atom stereocenters. The summed E-state index contributed by atoms with van der Waals surface area (Å²) < 4.78 is 5.77. The van der Waals surface area contributed by atoms with E-state index in [0.29, 0.717) is 11.6 Å². The third-order valence-electron chi connectivity index (χ3n) is 3.98. The molecule has 120 valence electrons. The van der Waals surface area contributed by atoms with E-state index in [4.69, 9.17) is 16.3 Å². The molecule has 1 aliphatic heterocycles. The average Bonchev–Trinajstić information content (AvgIpc) is 2.63. The molecule has 0 saturated heterocycles. The first-order chi connectivity index (χ1) is 11.7. The van der Waals surface area contributed by atoms with Crippen molar-refractivity contribution in [3.63, 3.8) is 0 Å². The molecular weight excluding hydrogens is 341 g/mol. The smallest absolute Gasteiger partial charge is 0.161 e. The second-order valence-electron chi connectivity index (χ2n) is 5.47. The molecule has 2 aromatic heterocycles.